The molecule has 1 rings (SSSR count). The molecule has 1 aromatic rings. The molecule has 3 nitrogen and oxygen atoms in total. The SMILES string of the molecule is CCCC(O)(C(=O)OCC)C(C)c1cc(C)ccc1C. The lowest BCUT2D eigenvalue weighted by Crippen LogP contribution is -2.45. The summed E-state index contributed by atoms with van der Waals surface area (Å²) in [5, 5.41) is 10.9. The smallest absolute Gasteiger partial charge is 0.338 e. The number of aliphatic hydroxyl groups is 1. The Bertz CT molecular complexity index is 467. The van der Waals surface area contributed by atoms with Crippen molar-refractivity contribution >= 4 is 5.97 Å². The van der Waals surface area contributed by atoms with Gasteiger partial charge in [-0.25, -0.2) is 4.79 Å². The Hall–Kier alpha value is -1.35. The molecule has 20 heavy (non-hydrogen) atoms. The minimum atomic E-state index is -1.46. The van der Waals surface area contributed by atoms with Gasteiger partial charge in [-0.05, 0) is 38.3 Å². The molecule has 0 aliphatic heterocycles. The molecule has 3 heteroatoms. The summed E-state index contributed by atoms with van der Waals surface area (Å²) < 4.78 is 5.08. The first-order valence-electron chi connectivity index (χ1n) is 7.33. The largest absolute Gasteiger partial charge is 0.464 e. The number of hydrogen-bond acceptors (Lipinski definition) is 3. The molecule has 1 N–H and O–H groups in total. The van der Waals surface area contributed by atoms with Crippen molar-refractivity contribution in [3.05, 3.63) is 34.9 Å². The van der Waals surface area contributed by atoms with Gasteiger partial charge in [0.1, 0.15) is 0 Å². The van der Waals surface area contributed by atoms with Crippen LogP contribution < -0.4 is 0 Å². The highest BCUT2D eigenvalue weighted by Gasteiger charge is 2.43. The lowest BCUT2D eigenvalue weighted by Gasteiger charge is -2.33. The van der Waals surface area contributed by atoms with E-state index in [1.54, 1.807) is 6.92 Å². The van der Waals surface area contributed by atoms with Gasteiger partial charge in [0.15, 0.2) is 5.60 Å². The molecular weight excluding hydrogens is 252 g/mol. The maximum atomic E-state index is 12.2. The van der Waals surface area contributed by atoms with Crippen molar-refractivity contribution in [2.75, 3.05) is 6.61 Å². The van der Waals surface area contributed by atoms with Crippen LogP contribution in [0.1, 0.15) is 56.2 Å². The Balaban J connectivity index is 3.19. The number of carbonyl (C=O) groups is 1. The molecule has 0 radical (unpaired) electrons. The summed E-state index contributed by atoms with van der Waals surface area (Å²) >= 11 is 0. The van der Waals surface area contributed by atoms with Gasteiger partial charge in [-0.3, -0.25) is 0 Å². The fraction of sp³-hybridized carbons (Fsp3) is 0.588. The molecule has 0 aliphatic carbocycles. The average molecular weight is 278 g/mol. The maximum Gasteiger partial charge on any atom is 0.338 e. The van der Waals surface area contributed by atoms with Gasteiger partial charge in [-0.15, -0.1) is 0 Å². The van der Waals surface area contributed by atoms with E-state index >= 15 is 0 Å². The maximum absolute atomic E-state index is 12.2. The van der Waals surface area contributed by atoms with Crippen molar-refractivity contribution in [3.63, 3.8) is 0 Å². The van der Waals surface area contributed by atoms with E-state index in [1.165, 1.54) is 0 Å². The van der Waals surface area contributed by atoms with Crippen molar-refractivity contribution in [2.24, 2.45) is 0 Å². The molecule has 0 bridgehead atoms. The van der Waals surface area contributed by atoms with E-state index in [9.17, 15) is 9.90 Å². The van der Waals surface area contributed by atoms with Crippen molar-refractivity contribution in [1.29, 1.82) is 0 Å². The van der Waals surface area contributed by atoms with E-state index in [4.69, 9.17) is 4.74 Å². The number of benzene rings is 1. The number of rotatable bonds is 6. The van der Waals surface area contributed by atoms with Crippen LogP contribution in [0.3, 0.4) is 0 Å². The van der Waals surface area contributed by atoms with Gasteiger partial charge < -0.3 is 9.84 Å². The predicted molar refractivity (Wildman–Crippen MR) is 80.8 cm³/mol. The molecule has 0 aliphatic rings. The van der Waals surface area contributed by atoms with Gasteiger partial charge in [0, 0.05) is 5.92 Å². The third-order valence-electron chi connectivity index (χ3n) is 3.88. The second kappa shape index (κ2) is 6.89. The Kier molecular flexibility index (Phi) is 5.75. The summed E-state index contributed by atoms with van der Waals surface area (Å²) in [4.78, 5) is 12.2. The molecule has 112 valence electrons. The number of hydrogen-bond donors (Lipinski definition) is 1. The molecule has 2 unspecified atom stereocenters. The van der Waals surface area contributed by atoms with Crippen LogP contribution in [0.15, 0.2) is 18.2 Å². The minimum absolute atomic E-state index is 0.282. The van der Waals surface area contributed by atoms with Gasteiger partial charge in [0.2, 0.25) is 0 Å². The summed E-state index contributed by atoms with van der Waals surface area (Å²) in [6.45, 7) is 9.91. The summed E-state index contributed by atoms with van der Waals surface area (Å²) in [5.74, 6) is -0.809. The zero-order valence-corrected chi connectivity index (χ0v) is 13.2. The normalized spacial score (nSPS) is 15.5. The van der Waals surface area contributed by atoms with Crippen molar-refractivity contribution in [2.45, 2.75) is 59.0 Å². The van der Waals surface area contributed by atoms with Crippen molar-refractivity contribution in [3.8, 4) is 0 Å². The van der Waals surface area contributed by atoms with Crippen LogP contribution >= 0.6 is 0 Å². The van der Waals surface area contributed by atoms with Crippen LogP contribution in [0.2, 0.25) is 0 Å². The van der Waals surface area contributed by atoms with Crippen LogP contribution in [0.25, 0.3) is 0 Å². The molecule has 0 heterocycles. The Morgan fingerprint density at radius 1 is 1.35 bits per heavy atom. The van der Waals surface area contributed by atoms with E-state index in [0.29, 0.717) is 6.42 Å². The number of aryl methyl sites for hydroxylation is 2. The lowest BCUT2D eigenvalue weighted by molar-refractivity contribution is -0.168. The summed E-state index contributed by atoms with van der Waals surface area (Å²) in [5.41, 5.74) is 1.76. The monoisotopic (exact) mass is 278 g/mol. The highest BCUT2D eigenvalue weighted by atomic mass is 16.5. The summed E-state index contributed by atoms with van der Waals surface area (Å²) in [7, 11) is 0. The zero-order chi connectivity index (χ0) is 15.3. The van der Waals surface area contributed by atoms with E-state index in [2.05, 4.69) is 0 Å². The Morgan fingerprint density at radius 2 is 2.00 bits per heavy atom. The molecule has 0 saturated carbocycles. The minimum Gasteiger partial charge on any atom is -0.464 e. The fourth-order valence-electron chi connectivity index (χ4n) is 2.62. The van der Waals surface area contributed by atoms with E-state index < -0.39 is 11.6 Å². The number of esters is 1. The van der Waals surface area contributed by atoms with Crippen LogP contribution in [-0.4, -0.2) is 23.3 Å². The predicted octanol–water partition coefficient (Wildman–Crippen LogP) is 3.50. The van der Waals surface area contributed by atoms with Gasteiger partial charge >= 0.3 is 5.97 Å². The first kappa shape index (κ1) is 16.7. The van der Waals surface area contributed by atoms with Gasteiger partial charge in [0.05, 0.1) is 6.61 Å². The van der Waals surface area contributed by atoms with Crippen molar-refractivity contribution in [1.82, 2.24) is 0 Å². The highest BCUT2D eigenvalue weighted by Crippen LogP contribution is 2.35. The molecule has 1 aromatic carbocycles. The van der Waals surface area contributed by atoms with E-state index in [0.717, 1.165) is 23.1 Å². The number of ether oxygens (including phenoxy) is 1. The fourth-order valence-corrected chi connectivity index (χ4v) is 2.62. The topological polar surface area (TPSA) is 46.5 Å². The van der Waals surface area contributed by atoms with Crippen LogP contribution in [0, 0.1) is 13.8 Å². The second-order valence-electron chi connectivity index (χ2n) is 5.48. The van der Waals surface area contributed by atoms with Crippen molar-refractivity contribution < 1.29 is 14.6 Å². The lowest BCUT2D eigenvalue weighted by atomic mass is 9.78. The molecule has 0 fully saturated rings. The van der Waals surface area contributed by atoms with Gasteiger partial charge in [-0.2, -0.15) is 0 Å². The van der Waals surface area contributed by atoms with Crippen LogP contribution in [0.5, 0.6) is 0 Å². The molecule has 0 aromatic heterocycles. The Morgan fingerprint density at radius 3 is 2.55 bits per heavy atom. The number of carbonyl (C=O) groups excluding carboxylic acids is 1. The highest BCUT2D eigenvalue weighted by molar-refractivity contribution is 5.80. The molecule has 0 spiro atoms. The molecule has 0 saturated heterocycles. The zero-order valence-electron chi connectivity index (χ0n) is 13.2. The van der Waals surface area contributed by atoms with E-state index in [1.807, 2.05) is 45.9 Å². The van der Waals surface area contributed by atoms with Gasteiger partial charge in [-0.1, -0.05) is 44.0 Å². The quantitative estimate of drug-likeness (QED) is 0.810. The third-order valence-corrected chi connectivity index (χ3v) is 3.88. The van der Waals surface area contributed by atoms with E-state index in [-0.39, 0.29) is 12.5 Å². The summed E-state index contributed by atoms with van der Waals surface area (Å²) in [6, 6.07) is 6.10. The summed E-state index contributed by atoms with van der Waals surface area (Å²) in [6.07, 6.45) is 1.13. The van der Waals surface area contributed by atoms with Crippen LogP contribution in [-0.2, 0) is 9.53 Å². The first-order valence-corrected chi connectivity index (χ1v) is 7.33. The Labute approximate surface area is 122 Å². The first-order chi connectivity index (χ1) is 9.36. The molecule has 2 atom stereocenters. The third kappa shape index (κ3) is 3.40. The van der Waals surface area contributed by atoms with Gasteiger partial charge in [0.25, 0.3) is 0 Å². The molecular formula is C17H26O3. The second-order valence-corrected chi connectivity index (χ2v) is 5.48. The van der Waals surface area contributed by atoms with Crippen LogP contribution in [0.4, 0.5) is 0 Å². The molecule has 0 amide bonds. The standard InChI is InChI=1S/C17H26O3/c1-6-10-17(19,16(18)20-7-2)14(5)15-11-12(3)8-9-13(15)4/h8-9,11,14,19H,6-7,10H2,1-5H3. The average Bonchev–Trinajstić information content (AvgIpc) is 2.41.